The molecule has 0 aliphatic carbocycles. The van der Waals surface area contributed by atoms with E-state index in [9.17, 15) is 28.3 Å². The Morgan fingerprint density at radius 2 is 1.61 bits per heavy atom. The number of piperazine rings is 1. The van der Waals surface area contributed by atoms with Crippen molar-refractivity contribution in [2.75, 3.05) is 31.1 Å². The van der Waals surface area contributed by atoms with Crippen LogP contribution in [0.1, 0.15) is 23.6 Å². The number of carbonyl (C=O) groups is 1. The van der Waals surface area contributed by atoms with Crippen LogP contribution in [0.25, 0.3) is 5.76 Å². The lowest BCUT2D eigenvalue weighted by Crippen LogP contribution is -3.12. The number of phenols is 1. The minimum Gasteiger partial charge on any atom is -1.00 e. The summed E-state index contributed by atoms with van der Waals surface area (Å²) in [7, 11) is 0. The van der Waals surface area contributed by atoms with Crippen molar-refractivity contribution in [2.45, 2.75) is 18.6 Å². The molecule has 0 spiro atoms. The maximum absolute atomic E-state index is 13.9. The summed E-state index contributed by atoms with van der Waals surface area (Å²) in [5, 5.41) is 22.8. The molecule has 0 aromatic heterocycles. The van der Waals surface area contributed by atoms with Crippen LogP contribution in [-0.4, -0.2) is 47.2 Å². The Morgan fingerprint density at radius 3 is 2.22 bits per heavy atom. The lowest BCUT2D eigenvalue weighted by atomic mass is 9.88. The first kappa shape index (κ1) is 30.0. The van der Waals surface area contributed by atoms with E-state index in [1.165, 1.54) is 30.5 Å². The van der Waals surface area contributed by atoms with Gasteiger partial charge in [-0.2, -0.15) is 13.2 Å². The lowest BCUT2D eigenvalue weighted by molar-refractivity contribution is -1.12. The van der Waals surface area contributed by atoms with Crippen molar-refractivity contribution in [3.05, 3.63) is 107 Å². The third-order valence-corrected chi connectivity index (χ3v) is 7.24. The molecule has 2 atom stereocenters. The van der Waals surface area contributed by atoms with Gasteiger partial charge in [0.15, 0.2) is 0 Å². The van der Waals surface area contributed by atoms with Gasteiger partial charge in [0.1, 0.15) is 17.5 Å². The molecule has 3 aromatic carbocycles. The summed E-state index contributed by atoms with van der Waals surface area (Å²) in [5.41, 5.74) is 2.31. The number of hydrogen-bond donors (Lipinski definition) is 3. The van der Waals surface area contributed by atoms with Gasteiger partial charge >= 0.3 is 6.18 Å². The van der Waals surface area contributed by atoms with E-state index in [1.54, 1.807) is 19.1 Å². The van der Waals surface area contributed by atoms with Gasteiger partial charge in [-0.15, -0.1) is 0 Å². The van der Waals surface area contributed by atoms with Gasteiger partial charge in [0, 0.05) is 37.4 Å². The third-order valence-electron chi connectivity index (χ3n) is 7.24. The van der Waals surface area contributed by atoms with Gasteiger partial charge in [-0.05, 0) is 48.9 Å². The van der Waals surface area contributed by atoms with Crippen molar-refractivity contribution in [2.24, 2.45) is 0 Å². The number of para-hydroxylation sites is 1. The minimum absolute atomic E-state index is 0. The highest BCUT2D eigenvalue weighted by Gasteiger charge is 2.44. The number of rotatable bonds is 6. The molecular weight excluding hydrogens is 563 g/mol. The van der Waals surface area contributed by atoms with Crippen LogP contribution in [0.2, 0.25) is 0 Å². The van der Waals surface area contributed by atoms with Crippen LogP contribution < -0.4 is 28.1 Å². The zero-order valence-electron chi connectivity index (χ0n) is 21.9. The number of halogens is 4. The van der Waals surface area contributed by atoms with Gasteiger partial charge in [0.2, 0.25) is 5.76 Å². The summed E-state index contributed by atoms with van der Waals surface area (Å²) >= 11 is 0. The van der Waals surface area contributed by atoms with Gasteiger partial charge in [0.05, 0.1) is 5.56 Å². The number of aromatic hydroxyl groups is 1. The van der Waals surface area contributed by atoms with E-state index in [2.05, 4.69) is 10.3 Å². The topological polar surface area (TPSA) is 95.8 Å². The van der Waals surface area contributed by atoms with Crippen LogP contribution in [0.4, 0.5) is 18.9 Å². The van der Waals surface area contributed by atoms with E-state index in [4.69, 9.17) is 4.84 Å². The fourth-order valence-corrected chi connectivity index (χ4v) is 4.91. The Bertz CT molecular complexity index is 1390. The van der Waals surface area contributed by atoms with E-state index in [0.717, 1.165) is 22.9 Å². The molecule has 218 valence electrons. The number of nitrogens with zero attached hydrogens (tertiary/aromatic N) is 3. The number of phenolic OH excluding ortho intramolecular Hbond substituents is 1. The molecule has 1 amide bonds. The molecule has 5 rings (SSSR count). The highest BCUT2D eigenvalue weighted by molar-refractivity contribution is 5.87. The minimum atomic E-state index is -4.50. The zero-order chi connectivity index (χ0) is 28.5. The standard InChI is InChI=1S/C28H28F3N5O4.ClH/c1-27(22-6-5-9-24(37)18-22,34-16-14-33(15-17-34)23-7-3-2-4-8-23)26(38)32-35-19-25(40-36(35)39)20-10-12-21(13-11-20)28(29,30)31;/h2-13,18-19,36-37H,14-17H2,1H3,(H,32,38);1H/p-1. The predicted octanol–water partition coefficient (Wildman–Crippen LogP) is 0.0271. The van der Waals surface area contributed by atoms with E-state index in [-0.39, 0.29) is 29.5 Å². The first-order valence-corrected chi connectivity index (χ1v) is 12.6. The highest BCUT2D eigenvalue weighted by atomic mass is 35.5. The number of alkyl halides is 3. The number of benzene rings is 3. The number of quaternary nitrogens is 1. The van der Waals surface area contributed by atoms with Crippen LogP contribution >= 0.6 is 0 Å². The second-order valence-corrected chi connectivity index (χ2v) is 9.68. The first-order chi connectivity index (χ1) is 19.1. The summed E-state index contributed by atoms with van der Waals surface area (Å²) < 4.78 is 38.8. The predicted molar refractivity (Wildman–Crippen MR) is 141 cm³/mol. The number of anilines is 1. The number of hydrazine groups is 1. The highest BCUT2D eigenvalue weighted by Crippen LogP contribution is 2.33. The molecule has 1 fully saturated rings. The molecule has 13 heteroatoms. The fraction of sp³-hybridized carbons (Fsp3) is 0.250. The Kier molecular flexibility index (Phi) is 8.69. The summed E-state index contributed by atoms with van der Waals surface area (Å²) in [6.07, 6.45) is -3.28. The van der Waals surface area contributed by atoms with Gasteiger partial charge in [-0.3, -0.25) is 14.5 Å². The molecule has 0 radical (unpaired) electrons. The van der Waals surface area contributed by atoms with E-state index < -0.39 is 28.5 Å². The van der Waals surface area contributed by atoms with Crippen LogP contribution in [0.3, 0.4) is 0 Å². The fourth-order valence-electron chi connectivity index (χ4n) is 4.91. The molecule has 0 saturated carbocycles. The Labute approximate surface area is 240 Å². The molecule has 3 aromatic rings. The monoisotopic (exact) mass is 590 g/mol. The van der Waals surface area contributed by atoms with Gasteiger partial charge in [-0.1, -0.05) is 52.9 Å². The molecule has 2 unspecified atom stereocenters. The Morgan fingerprint density at radius 1 is 0.951 bits per heavy atom. The SMILES string of the molecule is CC(C(=O)NN1C=C(c2ccc(C(F)(F)F)cc2)O[NH+]1[O-])(c1cccc(O)c1)N1CCN(c2ccccc2)CC1.[Cl-]. The molecule has 41 heavy (non-hydrogen) atoms. The van der Waals surface area contributed by atoms with Crippen LogP contribution in [-0.2, 0) is 21.3 Å². The Balaban J connectivity index is 0.00000387. The van der Waals surface area contributed by atoms with Crippen molar-refractivity contribution >= 4 is 17.4 Å². The number of hydrogen-bond acceptors (Lipinski definition) is 7. The summed E-state index contributed by atoms with van der Waals surface area (Å²) in [5.74, 6) is -0.563. The molecule has 1 saturated heterocycles. The second-order valence-electron chi connectivity index (χ2n) is 9.68. The van der Waals surface area contributed by atoms with E-state index >= 15 is 0 Å². The van der Waals surface area contributed by atoms with Gasteiger partial charge in [0.25, 0.3) is 5.91 Å². The largest absolute Gasteiger partial charge is 1.00 e. The molecule has 0 bridgehead atoms. The van der Waals surface area contributed by atoms with Crippen molar-refractivity contribution in [3.63, 3.8) is 0 Å². The second kappa shape index (κ2) is 11.9. The van der Waals surface area contributed by atoms with Crippen molar-refractivity contribution in [1.82, 2.24) is 15.4 Å². The zero-order valence-corrected chi connectivity index (χ0v) is 22.7. The lowest BCUT2D eigenvalue weighted by Gasteiger charge is -2.45. The van der Waals surface area contributed by atoms with Crippen LogP contribution in [0.15, 0.2) is 85.1 Å². The quantitative estimate of drug-likeness (QED) is 0.349. The molecule has 3 N–H and O–H groups in total. The van der Waals surface area contributed by atoms with Crippen LogP contribution in [0.5, 0.6) is 5.75 Å². The number of nitrogens with one attached hydrogen (secondary N) is 2. The molecule has 2 aliphatic heterocycles. The summed E-state index contributed by atoms with van der Waals surface area (Å²) in [4.78, 5) is 23.3. The van der Waals surface area contributed by atoms with Crippen LogP contribution in [0, 0.1) is 5.21 Å². The summed E-state index contributed by atoms with van der Waals surface area (Å²) in [6, 6.07) is 20.5. The van der Waals surface area contributed by atoms with Gasteiger partial charge in [-0.25, -0.2) is 5.43 Å². The van der Waals surface area contributed by atoms with Crippen molar-refractivity contribution in [3.8, 4) is 5.75 Å². The first-order valence-electron chi connectivity index (χ1n) is 12.6. The maximum atomic E-state index is 13.9. The molecule has 9 nitrogen and oxygen atoms in total. The molecular formula is C28H28ClF3N5O4-. The van der Waals surface area contributed by atoms with Crippen molar-refractivity contribution < 1.29 is 45.7 Å². The third kappa shape index (κ3) is 6.20. The average Bonchev–Trinajstić information content (AvgIpc) is 3.32. The van der Waals surface area contributed by atoms with E-state index in [0.29, 0.717) is 31.7 Å². The van der Waals surface area contributed by atoms with Gasteiger partial charge < -0.3 is 27.6 Å². The molecule has 2 aliphatic rings. The average molecular weight is 591 g/mol. The Hall–Kier alpha value is -3.97. The normalized spacial score (nSPS) is 19.0. The molecule has 2 heterocycles. The summed E-state index contributed by atoms with van der Waals surface area (Å²) in [6.45, 7) is 4.05. The smallest absolute Gasteiger partial charge is 0.416 e. The number of carbonyl (C=O) groups excluding carboxylic acids is 1. The van der Waals surface area contributed by atoms with E-state index in [1.807, 2.05) is 35.2 Å². The number of amides is 1. The maximum Gasteiger partial charge on any atom is 0.416 e. The van der Waals surface area contributed by atoms with Crippen molar-refractivity contribution in [1.29, 1.82) is 0 Å².